The number of hydrogen-bond donors (Lipinski definition) is 1. The number of fused-ring (bicyclic) bond motifs is 1. The maximum absolute atomic E-state index is 13.1. The maximum atomic E-state index is 13.1. The van der Waals surface area contributed by atoms with Gasteiger partial charge in [0.1, 0.15) is 0 Å². The maximum Gasteiger partial charge on any atom is 0.259 e. The first-order valence-corrected chi connectivity index (χ1v) is 7.98. The summed E-state index contributed by atoms with van der Waals surface area (Å²) in [4.78, 5) is 19.2. The quantitative estimate of drug-likeness (QED) is 0.916. The monoisotopic (exact) mass is 319 g/mol. The van der Waals surface area contributed by atoms with Gasteiger partial charge >= 0.3 is 0 Å². The summed E-state index contributed by atoms with van der Waals surface area (Å²) in [6.45, 7) is 11.7. The Labute approximate surface area is 136 Å². The second-order valence-corrected chi connectivity index (χ2v) is 6.60. The van der Waals surface area contributed by atoms with Gasteiger partial charge in [-0.2, -0.15) is 0 Å². The highest BCUT2D eigenvalue weighted by Crippen LogP contribution is 2.26. The van der Waals surface area contributed by atoms with Gasteiger partial charge in [-0.05, 0) is 39.7 Å². The third kappa shape index (κ3) is 3.52. The van der Waals surface area contributed by atoms with E-state index in [0.717, 1.165) is 5.69 Å². The number of pyridine rings is 1. The van der Waals surface area contributed by atoms with Crippen molar-refractivity contribution in [3.05, 3.63) is 23.0 Å². The zero-order chi connectivity index (χ0) is 17.3. The van der Waals surface area contributed by atoms with E-state index in [9.17, 15) is 9.90 Å². The van der Waals surface area contributed by atoms with Gasteiger partial charge in [0, 0.05) is 18.3 Å². The van der Waals surface area contributed by atoms with E-state index in [0.29, 0.717) is 22.4 Å². The van der Waals surface area contributed by atoms with Crippen LogP contribution in [-0.4, -0.2) is 44.7 Å². The van der Waals surface area contributed by atoms with E-state index >= 15 is 0 Å². The Kier molecular flexibility index (Phi) is 5.04. The van der Waals surface area contributed by atoms with E-state index in [-0.39, 0.29) is 24.4 Å². The molecule has 0 saturated heterocycles. The molecule has 1 atom stereocenters. The van der Waals surface area contributed by atoms with Crippen molar-refractivity contribution in [3.63, 3.8) is 0 Å². The first-order chi connectivity index (χ1) is 10.7. The van der Waals surface area contributed by atoms with Gasteiger partial charge in [-0.25, -0.2) is 4.98 Å². The van der Waals surface area contributed by atoms with Gasteiger partial charge in [-0.15, -0.1) is 0 Å². The molecule has 0 saturated carbocycles. The van der Waals surface area contributed by atoms with E-state index in [1.807, 2.05) is 33.8 Å². The fourth-order valence-electron chi connectivity index (χ4n) is 2.55. The minimum atomic E-state index is -0.591. The molecule has 0 radical (unpaired) electrons. The minimum absolute atomic E-state index is 0.0250. The highest BCUT2D eigenvalue weighted by Gasteiger charge is 2.26. The normalized spacial score (nSPS) is 13.1. The summed E-state index contributed by atoms with van der Waals surface area (Å²) < 4.78 is 5.27. The number of aliphatic hydroxyl groups excluding tert-OH is 1. The first-order valence-electron chi connectivity index (χ1n) is 7.98. The molecule has 1 amide bonds. The van der Waals surface area contributed by atoms with E-state index in [2.05, 4.69) is 10.1 Å². The van der Waals surface area contributed by atoms with Crippen LogP contribution in [0, 0.1) is 6.92 Å². The Balaban J connectivity index is 2.59. The number of aliphatic hydroxyl groups is 1. The Hall–Kier alpha value is -1.95. The largest absolute Gasteiger partial charge is 0.392 e. The van der Waals surface area contributed by atoms with Crippen molar-refractivity contribution in [1.82, 2.24) is 15.0 Å². The number of carbonyl (C=O) groups is 1. The van der Waals surface area contributed by atoms with Crippen LogP contribution in [0.3, 0.4) is 0 Å². The van der Waals surface area contributed by atoms with E-state index < -0.39 is 6.10 Å². The standard InChI is InChI=1S/C17H25N3O3/c1-9(2)14-7-13(15-12(6)19-23-16(15)18-14)17(22)20(10(3)4)8-11(5)21/h7,9-11,21H,8H2,1-6H3. The molecule has 1 N–H and O–H groups in total. The van der Waals surface area contributed by atoms with Crippen molar-refractivity contribution >= 4 is 17.0 Å². The van der Waals surface area contributed by atoms with E-state index in [1.54, 1.807) is 18.7 Å². The van der Waals surface area contributed by atoms with Crippen molar-refractivity contribution < 1.29 is 14.4 Å². The molecule has 0 aliphatic heterocycles. The zero-order valence-electron chi connectivity index (χ0n) is 14.6. The Morgan fingerprint density at radius 3 is 2.48 bits per heavy atom. The average molecular weight is 319 g/mol. The van der Waals surface area contributed by atoms with Gasteiger partial charge in [0.15, 0.2) is 0 Å². The topological polar surface area (TPSA) is 79.5 Å². The lowest BCUT2D eigenvalue weighted by Gasteiger charge is -2.28. The van der Waals surface area contributed by atoms with Crippen LogP contribution >= 0.6 is 0 Å². The fourth-order valence-corrected chi connectivity index (χ4v) is 2.55. The van der Waals surface area contributed by atoms with Crippen LogP contribution in [-0.2, 0) is 0 Å². The molecule has 6 nitrogen and oxygen atoms in total. The molecule has 6 heteroatoms. The van der Waals surface area contributed by atoms with Crippen LogP contribution in [0.2, 0.25) is 0 Å². The van der Waals surface area contributed by atoms with Crippen molar-refractivity contribution in [2.24, 2.45) is 0 Å². The van der Waals surface area contributed by atoms with Gasteiger partial charge in [-0.1, -0.05) is 19.0 Å². The average Bonchev–Trinajstić information content (AvgIpc) is 2.84. The van der Waals surface area contributed by atoms with Gasteiger partial charge in [-0.3, -0.25) is 4.79 Å². The summed E-state index contributed by atoms with van der Waals surface area (Å²) in [5, 5.41) is 14.3. The predicted molar refractivity (Wildman–Crippen MR) is 88.5 cm³/mol. The number of carbonyl (C=O) groups excluding carboxylic acids is 1. The molecule has 0 bridgehead atoms. The van der Waals surface area contributed by atoms with Crippen molar-refractivity contribution in [3.8, 4) is 0 Å². The second-order valence-electron chi connectivity index (χ2n) is 6.60. The van der Waals surface area contributed by atoms with Crippen molar-refractivity contribution in [2.75, 3.05) is 6.54 Å². The molecule has 0 aliphatic carbocycles. The SMILES string of the molecule is Cc1noc2nc(C(C)C)cc(C(=O)N(CC(C)O)C(C)C)c12. The molecule has 0 aromatic carbocycles. The number of rotatable bonds is 5. The van der Waals surface area contributed by atoms with Crippen molar-refractivity contribution in [2.45, 2.75) is 59.6 Å². The van der Waals surface area contributed by atoms with E-state index in [4.69, 9.17) is 4.52 Å². The Bertz CT molecular complexity index is 704. The molecule has 23 heavy (non-hydrogen) atoms. The van der Waals surface area contributed by atoms with Crippen LogP contribution in [0.4, 0.5) is 0 Å². The predicted octanol–water partition coefficient (Wildman–Crippen LogP) is 2.89. The third-order valence-electron chi connectivity index (χ3n) is 3.80. The summed E-state index contributed by atoms with van der Waals surface area (Å²) in [5.41, 5.74) is 2.36. The summed E-state index contributed by atoms with van der Waals surface area (Å²) in [6.07, 6.45) is -0.591. The number of nitrogens with zero attached hydrogens (tertiary/aromatic N) is 3. The molecule has 0 spiro atoms. The lowest BCUT2D eigenvalue weighted by Crippen LogP contribution is -2.41. The van der Waals surface area contributed by atoms with Crippen LogP contribution in [0.1, 0.15) is 62.3 Å². The summed E-state index contributed by atoms with van der Waals surface area (Å²) in [5.74, 6) is 0.0297. The Morgan fingerprint density at radius 1 is 1.30 bits per heavy atom. The van der Waals surface area contributed by atoms with Crippen LogP contribution in [0.15, 0.2) is 10.6 Å². The molecule has 2 aromatic rings. The highest BCUT2D eigenvalue weighted by molar-refractivity contribution is 6.06. The summed E-state index contributed by atoms with van der Waals surface area (Å²) in [7, 11) is 0. The number of hydrogen-bond acceptors (Lipinski definition) is 5. The van der Waals surface area contributed by atoms with Gasteiger partial charge in [0.05, 0.1) is 22.7 Å². The van der Waals surface area contributed by atoms with Crippen LogP contribution in [0.25, 0.3) is 11.1 Å². The van der Waals surface area contributed by atoms with Crippen LogP contribution < -0.4 is 0 Å². The summed E-state index contributed by atoms with van der Waals surface area (Å²) in [6, 6.07) is 1.79. The lowest BCUT2D eigenvalue weighted by molar-refractivity contribution is 0.0580. The molecule has 2 heterocycles. The molecule has 1 unspecified atom stereocenters. The third-order valence-corrected chi connectivity index (χ3v) is 3.80. The smallest absolute Gasteiger partial charge is 0.259 e. The zero-order valence-corrected chi connectivity index (χ0v) is 14.6. The number of aromatic nitrogens is 2. The van der Waals surface area contributed by atoms with Crippen molar-refractivity contribution in [1.29, 1.82) is 0 Å². The molecule has 0 fully saturated rings. The minimum Gasteiger partial charge on any atom is -0.392 e. The fraction of sp³-hybridized carbons (Fsp3) is 0.588. The number of amides is 1. The molecule has 2 rings (SSSR count). The molecular weight excluding hydrogens is 294 g/mol. The molecule has 126 valence electrons. The first kappa shape index (κ1) is 17.4. The molecule has 2 aromatic heterocycles. The van der Waals surface area contributed by atoms with E-state index in [1.165, 1.54) is 0 Å². The van der Waals surface area contributed by atoms with Gasteiger partial charge in [0.2, 0.25) is 0 Å². The van der Waals surface area contributed by atoms with Gasteiger partial charge < -0.3 is 14.5 Å². The molecule has 0 aliphatic rings. The highest BCUT2D eigenvalue weighted by atomic mass is 16.5. The molecular formula is C17H25N3O3. The Morgan fingerprint density at radius 2 is 1.96 bits per heavy atom. The number of aryl methyl sites for hydroxylation is 1. The van der Waals surface area contributed by atoms with Gasteiger partial charge in [0.25, 0.3) is 11.6 Å². The van der Waals surface area contributed by atoms with Crippen LogP contribution in [0.5, 0.6) is 0 Å². The summed E-state index contributed by atoms with van der Waals surface area (Å²) >= 11 is 0. The second kappa shape index (κ2) is 6.66. The lowest BCUT2D eigenvalue weighted by atomic mass is 10.0.